The predicted molar refractivity (Wildman–Crippen MR) is 87.7 cm³/mol. The first-order chi connectivity index (χ1) is 10.7. The summed E-state index contributed by atoms with van der Waals surface area (Å²) in [5.41, 5.74) is 4.17. The number of fused-ring (bicyclic) bond motifs is 1. The highest BCUT2D eigenvalue weighted by Crippen LogP contribution is 2.42. The van der Waals surface area contributed by atoms with Crippen molar-refractivity contribution < 1.29 is 0 Å². The minimum atomic E-state index is 0.0247. The Kier molecular flexibility index (Phi) is 3.70. The van der Waals surface area contributed by atoms with Crippen LogP contribution in [0, 0.1) is 0 Å². The Balaban J connectivity index is 1.57. The van der Waals surface area contributed by atoms with Gasteiger partial charge in [-0.2, -0.15) is 0 Å². The van der Waals surface area contributed by atoms with Crippen LogP contribution in [0.3, 0.4) is 0 Å². The SMILES string of the molecule is O=c1[nH]c(SCc2cc(Cl)cnc2C2CC2)nc2c1CCC2. The van der Waals surface area contributed by atoms with E-state index in [0.29, 0.717) is 16.1 Å². The lowest BCUT2D eigenvalue weighted by Crippen LogP contribution is -2.15. The molecule has 2 heterocycles. The molecular formula is C16H16ClN3OS. The lowest BCUT2D eigenvalue weighted by atomic mass is 10.1. The molecule has 0 bridgehead atoms. The topological polar surface area (TPSA) is 58.6 Å². The molecule has 1 fully saturated rings. The molecule has 2 aromatic heterocycles. The van der Waals surface area contributed by atoms with Gasteiger partial charge in [0.1, 0.15) is 0 Å². The smallest absolute Gasteiger partial charge is 0.254 e. The number of nitrogens with one attached hydrogen (secondary N) is 1. The molecular weight excluding hydrogens is 318 g/mol. The van der Waals surface area contributed by atoms with Gasteiger partial charge in [-0.15, -0.1) is 0 Å². The van der Waals surface area contributed by atoms with Gasteiger partial charge < -0.3 is 4.98 Å². The highest BCUT2D eigenvalue weighted by atomic mass is 35.5. The van der Waals surface area contributed by atoms with Crippen molar-refractivity contribution in [3.8, 4) is 0 Å². The molecule has 1 saturated carbocycles. The molecule has 2 aromatic rings. The van der Waals surface area contributed by atoms with Crippen molar-refractivity contribution in [1.82, 2.24) is 15.0 Å². The third-order valence-electron chi connectivity index (χ3n) is 4.22. The van der Waals surface area contributed by atoms with Crippen LogP contribution in [0.15, 0.2) is 22.2 Å². The largest absolute Gasteiger partial charge is 0.301 e. The van der Waals surface area contributed by atoms with E-state index in [1.807, 2.05) is 6.07 Å². The molecule has 0 saturated heterocycles. The van der Waals surface area contributed by atoms with Crippen LogP contribution in [0.2, 0.25) is 5.02 Å². The second-order valence-corrected chi connectivity index (χ2v) is 7.31. The van der Waals surface area contributed by atoms with Crippen LogP contribution in [0.25, 0.3) is 0 Å². The zero-order chi connectivity index (χ0) is 15.1. The molecule has 0 spiro atoms. The van der Waals surface area contributed by atoms with Crippen LogP contribution in [-0.4, -0.2) is 15.0 Å². The summed E-state index contributed by atoms with van der Waals surface area (Å²) >= 11 is 7.64. The van der Waals surface area contributed by atoms with Gasteiger partial charge in [-0.05, 0) is 43.7 Å². The second-order valence-electron chi connectivity index (χ2n) is 5.91. The summed E-state index contributed by atoms with van der Waals surface area (Å²) in [5, 5.41) is 1.36. The number of aromatic nitrogens is 3. The van der Waals surface area contributed by atoms with E-state index in [0.717, 1.165) is 47.5 Å². The van der Waals surface area contributed by atoms with Crippen molar-refractivity contribution in [3.05, 3.63) is 50.2 Å². The molecule has 1 N–H and O–H groups in total. The van der Waals surface area contributed by atoms with Gasteiger partial charge in [0.05, 0.1) is 10.7 Å². The van der Waals surface area contributed by atoms with E-state index in [1.54, 1.807) is 18.0 Å². The van der Waals surface area contributed by atoms with E-state index in [2.05, 4.69) is 15.0 Å². The van der Waals surface area contributed by atoms with Crippen molar-refractivity contribution in [1.29, 1.82) is 0 Å². The minimum absolute atomic E-state index is 0.0247. The van der Waals surface area contributed by atoms with Gasteiger partial charge in [-0.3, -0.25) is 9.78 Å². The molecule has 114 valence electrons. The normalized spacial score (nSPS) is 16.8. The van der Waals surface area contributed by atoms with Gasteiger partial charge in [-0.1, -0.05) is 23.4 Å². The highest BCUT2D eigenvalue weighted by molar-refractivity contribution is 7.98. The lowest BCUT2D eigenvalue weighted by molar-refractivity contribution is 0.869. The van der Waals surface area contributed by atoms with Crippen LogP contribution < -0.4 is 5.56 Å². The number of aryl methyl sites for hydroxylation is 1. The molecule has 0 radical (unpaired) electrons. The standard InChI is InChI=1S/C16H16ClN3OS/c17-11-6-10(14(18-7-11)9-4-5-9)8-22-16-19-13-3-1-2-12(13)15(21)20-16/h6-7,9H,1-5,8H2,(H,19,20,21). The number of hydrogen-bond acceptors (Lipinski definition) is 4. The molecule has 0 atom stereocenters. The fourth-order valence-corrected chi connectivity index (χ4v) is 4.01. The summed E-state index contributed by atoms with van der Waals surface area (Å²) in [4.78, 5) is 24.0. The Morgan fingerprint density at radius 1 is 1.36 bits per heavy atom. The van der Waals surface area contributed by atoms with Crippen LogP contribution in [0.4, 0.5) is 0 Å². The molecule has 2 aliphatic carbocycles. The third kappa shape index (κ3) is 2.79. The first kappa shape index (κ1) is 14.3. The number of aromatic amines is 1. The maximum atomic E-state index is 12.0. The van der Waals surface area contributed by atoms with E-state index in [-0.39, 0.29) is 5.56 Å². The summed E-state index contributed by atoms with van der Waals surface area (Å²) in [7, 11) is 0. The first-order valence-electron chi connectivity index (χ1n) is 7.60. The maximum Gasteiger partial charge on any atom is 0.254 e. The zero-order valence-electron chi connectivity index (χ0n) is 12.1. The molecule has 4 nitrogen and oxygen atoms in total. The van der Waals surface area contributed by atoms with Gasteiger partial charge in [0.25, 0.3) is 5.56 Å². The molecule has 4 rings (SSSR count). The fraction of sp³-hybridized carbons (Fsp3) is 0.438. The quantitative estimate of drug-likeness (QED) is 0.687. The summed E-state index contributed by atoms with van der Waals surface area (Å²) in [6.45, 7) is 0. The molecule has 0 amide bonds. The number of H-pyrrole nitrogens is 1. The predicted octanol–water partition coefficient (Wildman–Crippen LogP) is 3.48. The lowest BCUT2D eigenvalue weighted by Gasteiger charge is -2.08. The Morgan fingerprint density at radius 3 is 3.05 bits per heavy atom. The van der Waals surface area contributed by atoms with Gasteiger partial charge in [-0.25, -0.2) is 4.98 Å². The van der Waals surface area contributed by atoms with E-state index in [9.17, 15) is 4.79 Å². The second kappa shape index (κ2) is 5.70. The highest BCUT2D eigenvalue weighted by Gasteiger charge is 2.27. The Labute approximate surface area is 137 Å². The van der Waals surface area contributed by atoms with Crippen molar-refractivity contribution >= 4 is 23.4 Å². The molecule has 6 heteroatoms. The van der Waals surface area contributed by atoms with E-state index >= 15 is 0 Å². The number of pyridine rings is 1. The maximum absolute atomic E-state index is 12.0. The van der Waals surface area contributed by atoms with E-state index in [1.165, 1.54) is 12.8 Å². The Morgan fingerprint density at radius 2 is 2.23 bits per heavy atom. The van der Waals surface area contributed by atoms with Gasteiger partial charge in [0.15, 0.2) is 5.16 Å². The third-order valence-corrected chi connectivity index (χ3v) is 5.35. The molecule has 22 heavy (non-hydrogen) atoms. The number of thioether (sulfide) groups is 1. The summed E-state index contributed by atoms with van der Waals surface area (Å²) in [6.07, 6.45) is 6.94. The number of rotatable bonds is 4. The Bertz CT molecular complexity index is 785. The van der Waals surface area contributed by atoms with Gasteiger partial charge >= 0.3 is 0 Å². The van der Waals surface area contributed by atoms with Crippen LogP contribution in [-0.2, 0) is 18.6 Å². The number of hydrogen-bond donors (Lipinski definition) is 1. The van der Waals surface area contributed by atoms with Crippen LogP contribution in [0.1, 0.15) is 47.7 Å². The van der Waals surface area contributed by atoms with Crippen LogP contribution >= 0.6 is 23.4 Å². The summed E-state index contributed by atoms with van der Waals surface area (Å²) in [6, 6.07) is 1.99. The first-order valence-corrected chi connectivity index (χ1v) is 8.96. The number of nitrogens with zero attached hydrogens (tertiary/aromatic N) is 2. The van der Waals surface area contributed by atoms with Crippen molar-refractivity contribution in [3.63, 3.8) is 0 Å². The number of halogens is 1. The summed E-state index contributed by atoms with van der Waals surface area (Å²) < 4.78 is 0. The van der Waals surface area contributed by atoms with Crippen molar-refractivity contribution in [2.24, 2.45) is 0 Å². The molecule has 0 aliphatic heterocycles. The molecule has 2 aliphatic rings. The van der Waals surface area contributed by atoms with E-state index < -0.39 is 0 Å². The van der Waals surface area contributed by atoms with Crippen LogP contribution in [0.5, 0.6) is 0 Å². The van der Waals surface area contributed by atoms with E-state index in [4.69, 9.17) is 11.6 Å². The monoisotopic (exact) mass is 333 g/mol. The van der Waals surface area contributed by atoms with Gasteiger partial charge in [0, 0.05) is 29.1 Å². The minimum Gasteiger partial charge on any atom is -0.301 e. The molecule has 0 aromatic carbocycles. The molecule has 0 unspecified atom stereocenters. The van der Waals surface area contributed by atoms with Crippen molar-refractivity contribution in [2.75, 3.05) is 0 Å². The average Bonchev–Trinajstić information content (AvgIpc) is 3.22. The van der Waals surface area contributed by atoms with Crippen molar-refractivity contribution in [2.45, 2.75) is 48.9 Å². The fourth-order valence-electron chi connectivity index (χ4n) is 2.97. The average molecular weight is 334 g/mol. The van der Waals surface area contributed by atoms with Gasteiger partial charge in [0.2, 0.25) is 0 Å². The summed E-state index contributed by atoms with van der Waals surface area (Å²) in [5.74, 6) is 1.32. The zero-order valence-corrected chi connectivity index (χ0v) is 13.6. The Hall–Kier alpha value is -1.33.